The van der Waals surface area contributed by atoms with Gasteiger partial charge in [0.2, 0.25) is 0 Å². The van der Waals surface area contributed by atoms with Gasteiger partial charge in [-0.05, 0) is 73.5 Å². The van der Waals surface area contributed by atoms with Gasteiger partial charge in [0.15, 0.2) is 0 Å². The maximum absolute atomic E-state index is 13.2. The largest absolute Gasteiger partial charge is 0.493 e. The van der Waals surface area contributed by atoms with Crippen molar-refractivity contribution in [2.24, 2.45) is 0 Å². The summed E-state index contributed by atoms with van der Waals surface area (Å²) in [6, 6.07) is 20.3. The van der Waals surface area contributed by atoms with Crippen LogP contribution < -0.4 is 10.3 Å². The van der Waals surface area contributed by atoms with Crippen LogP contribution in [0.3, 0.4) is 0 Å². The molecule has 0 N–H and O–H groups in total. The fourth-order valence-electron chi connectivity index (χ4n) is 3.37. The molecule has 0 unspecified atom stereocenters. The van der Waals surface area contributed by atoms with Crippen LogP contribution in [0.15, 0.2) is 71.5 Å². The molecule has 0 aliphatic heterocycles. The van der Waals surface area contributed by atoms with Crippen molar-refractivity contribution in [1.29, 1.82) is 0 Å². The van der Waals surface area contributed by atoms with Gasteiger partial charge in [0.1, 0.15) is 11.6 Å². The number of aryl methyl sites for hydroxylation is 1. The van der Waals surface area contributed by atoms with E-state index in [1.807, 2.05) is 49.4 Å². The number of ether oxygens (including phenoxy) is 1. The predicted molar refractivity (Wildman–Crippen MR) is 123 cm³/mol. The van der Waals surface area contributed by atoms with Gasteiger partial charge >= 0.3 is 0 Å². The number of fused-ring (bicyclic) bond motifs is 1. The van der Waals surface area contributed by atoms with E-state index < -0.39 is 0 Å². The summed E-state index contributed by atoms with van der Waals surface area (Å²) in [7, 11) is 0. The molecule has 0 saturated carbocycles. The van der Waals surface area contributed by atoms with E-state index >= 15 is 0 Å². The normalized spacial score (nSPS) is 11.0. The lowest BCUT2D eigenvalue weighted by atomic mass is 10.1. The average Bonchev–Trinajstić information content (AvgIpc) is 2.74. The molecule has 0 aliphatic carbocycles. The fourth-order valence-corrected chi connectivity index (χ4v) is 3.73. The van der Waals surface area contributed by atoms with Crippen LogP contribution in [0.2, 0.25) is 10.0 Å². The van der Waals surface area contributed by atoms with Crippen molar-refractivity contribution >= 4 is 34.1 Å². The third kappa shape index (κ3) is 4.35. The highest BCUT2D eigenvalue weighted by atomic mass is 35.5. The highest BCUT2D eigenvalue weighted by Gasteiger charge is 2.13. The molecule has 4 aromatic rings. The molecule has 0 amide bonds. The molecule has 30 heavy (non-hydrogen) atoms. The highest BCUT2D eigenvalue weighted by molar-refractivity contribution is 6.30. The first-order valence-corrected chi connectivity index (χ1v) is 10.4. The standard InChI is InChI=1S/C24H20Cl2N2O2/c1-16-15-19(26)11-12-22(16)30-14-4-13-28-23(17-7-9-18(25)10-8-17)27-21-6-3-2-5-20(21)24(28)29/h2-3,5-12,15H,4,13-14H2,1H3. The summed E-state index contributed by atoms with van der Waals surface area (Å²) in [5.41, 5.74) is 2.44. The molecule has 1 aromatic heterocycles. The Morgan fingerprint density at radius 1 is 0.967 bits per heavy atom. The van der Waals surface area contributed by atoms with Crippen molar-refractivity contribution in [2.45, 2.75) is 19.9 Å². The molecule has 1 heterocycles. The number of nitrogens with zero attached hydrogens (tertiary/aromatic N) is 2. The molecular weight excluding hydrogens is 419 g/mol. The van der Waals surface area contributed by atoms with Gasteiger partial charge in [-0.1, -0.05) is 35.3 Å². The van der Waals surface area contributed by atoms with Crippen molar-refractivity contribution in [3.63, 3.8) is 0 Å². The molecule has 3 aromatic carbocycles. The Morgan fingerprint density at radius 2 is 1.70 bits per heavy atom. The van der Waals surface area contributed by atoms with Crippen LogP contribution >= 0.6 is 23.2 Å². The van der Waals surface area contributed by atoms with Gasteiger partial charge < -0.3 is 4.74 Å². The summed E-state index contributed by atoms with van der Waals surface area (Å²) in [4.78, 5) is 17.9. The second kappa shape index (κ2) is 8.90. The summed E-state index contributed by atoms with van der Waals surface area (Å²) >= 11 is 12.0. The quantitative estimate of drug-likeness (QED) is 0.339. The summed E-state index contributed by atoms with van der Waals surface area (Å²) in [6.07, 6.45) is 0.655. The van der Waals surface area contributed by atoms with Crippen LogP contribution in [0, 0.1) is 6.92 Å². The van der Waals surface area contributed by atoms with E-state index in [0.29, 0.717) is 46.3 Å². The number of hydrogen-bond donors (Lipinski definition) is 0. The van der Waals surface area contributed by atoms with Crippen LogP contribution in [0.5, 0.6) is 5.75 Å². The van der Waals surface area contributed by atoms with Crippen LogP contribution in [0.1, 0.15) is 12.0 Å². The lowest BCUT2D eigenvalue weighted by Crippen LogP contribution is -2.24. The molecule has 152 valence electrons. The van der Waals surface area contributed by atoms with Crippen LogP contribution in [0.4, 0.5) is 0 Å². The van der Waals surface area contributed by atoms with Gasteiger partial charge in [0.25, 0.3) is 5.56 Å². The summed E-state index contributed by atoms with van der Waals surface area (Å²) < 4.78 is 7.60. The monoisotopic (exact) mass is 438 g/mol. The van der Waals surface area contributed by atoms with Crippen LogP contribution in [-0.4, -0.2) is 16.2 Å². The first-order valence-electron chi connectivity index (χ1n) is 9.67. The SMILES string of the molecule is Cc1cc(Cl)ccc1OCCCn1c(-c2ccc(Cl)cc2)nc2ccccc2c1=O. The second-order valence-corrected chi connectivity index (χ2v) is 7.90. The zero-order valence-electron chi connectivity index (χ0n) is 16.4. The first-order chi connectivity index (χ1) is 14.5. The molecule has 0 atom stereocenters. The third-order valence-corrected chi connectivity index (χ3v) is 5.37. The first kappa shape index (κ1) is 20.5. The number of rotatable bonds is 6. The van der Waals surface area contributed by atoms with Gasteiger partial charge in [0, 0.05) is 22.2 Å². The van der Waals surface area contributed by atoms with Gasteiger partial charge in [-0.15, -0.1) is 0 Å². The number of aromatic nitrogens is 2. The maximum atomic E-state index is 13.2. The van der Waals surface area contributed by atoms with E-state index in [-0.39, 0.29) is 5.56 Å². The lowest BCUT2D eigenvalue weighted by Gasteiger charge is -2.15. The number of para-hydroxylation sites is 1. The van der Waals surface area contributed by atoms with E-state index in [9.17, 15) is 4.79 Å². The number of halogens is 2. The van der Waals surface area contributed by atoms with Crippen molar-refractivity contribution in [3.8, 4) is 17.1 Å². The Labute approximate surface area is 184 Å². The Morgan fingerprint density at radius 3 is 2.47 bits per heavy atom. The Hall–Kier alpha value is -2.82. The Balaban J connectivity index is 1.61. The van der Waals surface area contributed by atoms with E-state index in [1.54, 1.807) is 28.8 Å². The molecule has 0 saturated heterocycles. The zero-order chi connectivity index (χ0) is 21.1. The lowest BCUT2D eigenvalue weighted by molar-refractivity contribution is 0.299. The smallest absolute Gasteiger partial charge is 0.261 e. The average molecular weight is 439 g/mol. The third-order valence-electron chi connectivity index (χ3n) is 4.88. The molecule has 0 radical (unpaired) electrons. The van der Waals surface area contributed by atoms with Crippen molar-refractivity contribution in [1.82, 2.24) is 9.55 Å². The van der Waals surface area contributed by atoms with Crippen molar-refractivity contribution in [3.05, 3.63) is 92.7 Å². The molecule has 0 aliphatic rings. The molecule has 0 fully saturated rings. The second-order valence-electron chi connectivity index (χ2n) is 7.03. The van der Waals surface area contributed by atoms with Crippen LogP contribution in [-0.2, 0) is 6.54 Å². The van der Waals surface area contributed by atoms with Gasteiger partial charge in [-0.3, -0.25) is 9.36 Å². The van der Waals surface area contributed by atoms with E-state index in [2.05, 4.69) is 0 Å². The molecule has 6 heteroatoms. The van der Waals surface area contributed by atoms with Gasteiger partial charge in [-0.2, -0.15) is 0 Å². The molecule has 0 bridgehead atoms. The zero-order valence-corrected chi connectivity index (χ0v) is 18.0. The van der Waals surface area contributed by atoms with Crippen molar-refractivity contribution < 1.29 is 4.74 Å². The highest BCUT2D eigenvalue weighted by Crippen LogP contribution is 2.23. The Bertz CT molecular complexity index is 1250. The molecule has 4 rings (SSSR count). The minimum atomic E-state index is -0.0618. The Kier molecular flexibility index (Phi) is 6.07. The van der Waals surface area contributed by atoms with E-state index in [1.165, 1.54) is 0 Å². The van der Waals surface area contributed by atoms with Gasteiger partial charge in [0.05, 0.1) is 17.5 Å². The maximum Gasteiger partial charge on any atom is 0.261 e. The van der Waals surface area contributed by atoms with E-state index in [0.717, 1.165) is 16.9 Å². The summed E-state index contributed by atoms with van der Waals surface area (Å²) in [6.45, 7) is 2.92. The summed E-state index contributed by atoms with van der Waals surface area (Å²) in [5, 5.41) is 1.92. The van der Waals surface area contributed by atoms with E-state index in [4.69, 9.17) is 32.9 Å². The van der Waals surface area contributed by atoms with Gasteiger partial charge in [-0.25, -0.2) is 4.98 Å². The number of benzene rings is 3. The fraction of sp³-hybridized carbons (Fsp3) is 0.167. The predicted octanol–water partition coefficient (Wildman–Crippen LogP) is 6.15. The van der Waals surface area contributed by atoms with Crippen molar-refractivity contribution in [2.75, 3.05) is 6.61 Å². The molecule has 0 spiro atoms. The molecule has 4 nitrogen and oxygen atoms in total. The minimum Gasteiger partial charge on any atom is -0.493 e. The minimum absolute atomic E-state index is 0.0618. The number of hydrogen-bond acceptors (Lipinski definition) is 3. The van der Waals surface area contributed by atoms with Crippen LogP contribution in [0.25, 0.3) is 22.3 Å². The summed E-state index contributed by atoms with van der Waals surface area (Å²) in [5.74, 6) is 1.42. The topological polar surface area (TPSA) is 44.1 Å². The molecular formula is C24H20Cl2N2O2.